The Morgan fingerprint density at radius 1 is 1.44 bits per heavy atom. The Balaban J connectivity index is 2.11. The molecule has 0 spiro atoms. The van der Waals surface area contributed by atoms with Gasteiger partial charge in [0, 0.05) is 0 Å². The number of aryl methyl sites for hydroxylation is 1. The summed E-state index contributed by atoms with van der Waals surface area (Å²) in [5.41, 5.74) is 1.73. The number of benzene rings is 1. The zero-order valence-electron chi connectivity index (χ0n) is 10.8. The number of ether oxygens (including phenoxy) is 1. The fourth-order valence-electron chi connectivity index (χ4n) is 2.37. The van der Waals surface area contributed by atoms with E-state index in [-0.39, 0.29) is 11.8 Å². The lowest BCUT2D eigenvalue weighted by molar-refractivity contribution is -0.122. The summed E-state index contributed by atoms with van der Waals surface area (Å²) >= 11 is 0. The van der Waals surface area contributed by atoms with E-state index in [9.17, 15) is 9.90 Å². The van der Waals surface area contributed by atoms with E-state index in [2.05, 4.69) is 5.32 Å². The van der Waals surface area contributed by atoms with Crippen molar-refractivity contribution in [2.75, 3.05) is 12.4 Å². The fraction of sp³-hybridized carbons (Fsp3) is 0.500. The normalized spacial score (nSPS) is 22.8. The standard InChI is InChI=1S/C14H19NO3/c1-9-6-7-11(13(8-9)18-2)15-14(17)10-4-3-5-12(10)16/h6-8,10,12,16H,3-5H2,1-2H3,(H,15,17). The minimum Gasteiger partial charge on any atom is -0.495 e. The quantitative estimate of drug-likeness (QED) is 0.862. The molecule has 1 aromatic carbocycles. The summed E-state index contributed by atoms with van der Waals surface area (Å²) in [6.07, 6.45) is 1.86. The largest absolute Gasteiger partial charge is 0.495 e. The molecule has 1 aliphatic rings. The van der Waals surface area contributed by atoms with Crippen molar-refractivity contribution in [3.63, 3.8) is 0 Å². The number of amides is 1. The molecular formula is C14H19NO3. The first kappa shape index (κ1) is 12.9. The smallest absolute Gasteiger partial charge is 0.230 e. The number of nitrogens with one attached hydrogen (secondary N) is 1. The van der Waals surface area contributed by atoms with E-state index in [0.717, 1.165) is 18.4 Å². The third-order valence-corrected chi connectivity index (χ3v) is 3.43. The fourth-order valence-corrected chi connectivity index (χ4v) is 2.37. The van der Waals surface area contributed by atoms with Crippen LogP contribution in [-0.4, -0.2) is 24.2 Å². The maximum absolute atomic E-state index is 12.1. The molecule has 4 heteroatoms. The van der Waals surface area contributed by atoms with Gasteiger partial charge in [-0.2, -0.15) is 0 Å². The van der Waals surface area contributed by atoms with Crippen LogP contribution in [0.2, 0.25) is 0 Å². The molecule has 0 aromatic heterocycles. The Kier molecular flexibility index (Phi) is 3.87. The molecule has 98 valence electrons. The zero-order valence-corrected chi connectivity index (χ0v) is 10.8. The molecule has 2 atom stereocenters. The Labute approximate surface area is 107 Å². The van der Waals surface area contributed by atoms with E-state index < -0.39 is 6.10 Å². The third-order valence-electron chi connectivity index (χ3n) is 3.43. The van der Waals surface area contributed by atoms with Gasteiger partial charge < -0.3 is 15.2 Å². The Hall–Kier alpha value is -1.55. The number of rotatable bonds is 3. The van der Waals surface area contributed by atoms with Crippen LogP contribution in [0, 0.1) is 12.8 Å². The molecule has 0 heterocycles. The van der Waals surface area contributed by atoms with E-state index in [1.807, 2.05) is 25.1 Å². The van der Waals surface area contributed by atoms with Crippen molar-refractivity contribution in [3.8, 4) is 5.75 Å². The summed E-state index contributed by atoms with van der Waals surface area (Å²) in [6.45, 7) is 1.97. The first-order valence-electron chi connectivity index (χ1n) is 6.25. The summed E-state index contributed by atoms with van der Waals surface area (Å²) in [7, 11) is 1.58. The van der Waals surface area contributed by atoms with E-state index in [1.54, 1.807) is 7.11 Å². The summed E-state index contributed by atoms with van der Waals surface area (Å²) in [5, 5.41) is 12.6. The zero-order chi connectivity index (χ0) is 13.1. The van der Waals surface area contributed by atoms with Gasteiger partial charge in [-0.3, -0.25) is 4.79 Å². The minimum absolute atomic E-state index is 0.123. The average Bonchev–Trinajstić information content (AvgIpc) is 2.77. The van der Waals surface area contributed by atoms with Crippen LogP contribution in [0.3, 0.4) is 0 Å². The molecular weight excluding hydrogens is 230 g/mol. The molecule has 18 heavy (non-hydrogen) atoms. The molecule has 0 saturated heterocycles. The average molecular weight is 249 g/mol. The molecule has 1 saturated carbocycles. The number of hydrogen-bond acceptors (Lipinski definition) is 3. The van der Waals surface area contributed by atoms with Crippen LogP contribution in [0.4, 0.5) is 5.69 Å². The van der Waals surface area contributed by atoms with Gasteiger partial charge in [0.15, 0.2) is 0 Å². The highest BCUT2D eigenvalue weighted by Gasteiger charge is 2.31. The predicted molar refractivity (Wildman–Crippen MR) is 69.7 cm³/mol. The number of carbonyl (C=O) groups is 1. The predicted octanol–water partition coefficient (Wildman–Crippen LogP) is 2.10. The maximum Gasteiger partial charge on any atom is 0.230 e. The Morgan fingerprint density at radius 3 is 2.83 bits per heavy atom. The molecule has 1 aromatic rings. The molecule has 1 amide bonds. The number of methoxy groups -OCH3 is 1. The number of aliphatic hydroxyl groups excluding tert-OH is 1. The monoisotopic (exact) mass is 249 g/mol. The topological polar surface area (TPSA) is 58.6 Å². The first-order chi connectivity index (χ1) is 8.61. The van der Waals surface area contributed by atoms with Gasteiger partial charge in [0.05, 0.1) is 24.8 Å². The van der Waals surface area contributed by atoms with Crippen LogP contribution in [0.5, 0.6) is 5.75 Å². The van der Waals surface area contributed by atoms with Crippen molar-refractivity contribution < 1.29 is 14.6 Å². The highest BCUT2D eigenvalue weighted by molar-refractivity contribution is 5.94. The second-order valence-electron chi connectivity index (χ2n) is 4.80. The summed E-state index contributed by atoms with van der Waals surface area (Å²) in [6, 6.07) is 5.62. The second kappa shape index (κ2) is 5.40. The van der Waals surface area contributed by atoms with E-state index in [0.29, 0.717) is 17.9 Å². The van der Waals surface area contributed by atoms with Crippen LogP contribution < -0.4 is 10.1 Å². The summed E-state index contributed by atoms with van der Waals surface area (Å²) in [5.74, 6) is 0.231. The van der Waals surface area contributed by atoms with Crippen LogP contribution in [0.1, 0.15) is 24.8 Å². The summed E-state index contributed by atoms with van der Waals surface area (Å²) in [4.78, 5) is 12.1. The van der Waals surface area contributed by atoms with Crippen molar-refractivity contribution >= 4 is 11.6 Å². The van der Waals surface area contributed by atoms with Gasteiger partial charge in [-0.05, 0) is 43.9 Å². The second-order valence-corrected chi connectivity index (χ2v) is 4.80. The van der Waals surface area contributed by atoms with Gasteiger partial charge in [0.2, 0.25) is 5.91 Å². The molecule has 0 radical (unpaired) electrons. The van der Waals surface area contributed by atoms with Crippen LogP contribution in [0.25, 0.3) is 0 Å². The molecule has 2 rings (SSSR count). The molecule has 2 N–H and O–H groups in total. The number of carbonyl (C=O) groups excluding carboxylic acids is 1. The van der Waals surface area contributed by atoms with Crippen LogP contribution in [-0.2, 0) is 4.79 Å². The maximum atomic E-state index is 12.1. The Bertz CT molecular complexity index is 445. The lowest BCUT2D eigenvalue weighted by atomic mass is 10.0. The molecule has 4 nitrogen and oxygen atoms in total. The van der Waals surface area contributed by atoms with Gasteiger partial charge in [-0.25, -0.2) is 0 Å². The lowest BCUT2D eigenvalue weighted by Gasteiger charge is -2.16. The van der Waals surface area contributed by atoms with E-state index >= 15 is 0 Å². The van der Waals surface area contributed by atoms with Crippen molar-refractivity contribution in [1.29, 1.82) is 0 Å². The Morgan fingerprint density at radius 2 is 2.22 bits per heavy atom. The number of hydrogen-bond donors (Lipinski definition) is 2. The molecule has 0 aliphatic heterocycles. The first-order valence-corrected chi connectivity index (χ1v) is 6.25. The van der Waals surface area contributed by atoms with Crippen molar-refractivity contribution in [2.24, 2.45) is 5.92 Å². The third kappa shape index (κ3) is 2.64. The van der Waals surface area contributed by atoms with Crippen molar-refractivity contribution in [1.82, 2.24) is 0 Å². The number of aliphatic hydroxyl groups is 1. The number of anilines is 1. The van der Waals surface area contributed by atoms with Gasteiger partial charge >= 0.3 is 0 Å². The summed E-state index contributed by atoms with van der Waals surface area (Å²) < 4.78 is 5.24. The van der Waals surface area contributed by atoms with Gasteiger partial charge in [0.1, 0.15) is 5.75 Å². The van der Waals surface area contributed by atoms with Crippen molar-refractivity contribution in [3.05, 3.63) is 23.8 Å². The molecule has 0 bridgehead atoms. The van der Waals surface area contributed by atoms with Crippen molar-refractivity contribution in [2.45, 2.75) is 32.3 Å². The highest BCUT2D eigenvalue weighted by Crippen LogP contribution is 2.29. The molecule has 2 unspecified atom stereocenters. The highest BCUT2D eigenvalue weighted by atomic mass is 16.5. The van der Waals surface area contributed by atoms with E-state index in [4.69, 9.17) is 4.74 Å². The van der Waals surface area contributed by atoms with E-state index in [1.165, 1.54) is 0 Å². The van der Waals surface area contributed by atoms with Crippen LogP contribution in [0.15, 0.2) is 18.2 Å². The van der Waals surface area contributed by atoms with Gasteiger partial charge in [-0.1, -0.05) is 6.07 Å². The SMILES string of the molecule is COc1cc(C)ccc1NC(=O)C1CCCC1O. The van der Waals surface area contributed by atoms with Gasteiger partial charge in [0.25, 0.3) is 0 Å². The minimum atomic E-state index is -0.513. The van der Waals surface area contributed by atoms with Gasteiger partial charge in [-0.15, -0.1) is 0 Å². The lowest BCUT2D eigenvalue weighted by Crippen LogP contribution is -2.28. The van der Waals surface area contributed by atoms with Crippen LogP contribution >= 0.6 is 0 Å². The molecule has 1 aliphatic carbocycles. The molecule has 1 fully saturated rings.